The lowest BCUT2D eigenvalue weighted by Gasteiger charge is -2.33. The second kappa shape index (κ2) is 12.5. The van der Waals surface area contributed by atoms with Crippen molar-refractivity contribution in [1.29, 1.82) is 0 Å². The van der Waals surface area contributed by atoms with Crippen molar-refractivity contribution in [3.63, 3.8) is 0 Å². The molecule has 5 rings (SSSR count). The molecule has 0 saturated carbocycles. The number of methoxy groups -OCH3 is 1. The molecule has 0 radical (unpaired) electrons. The first-order valence-corrected chi connectivity index (χ1v) is 13.9. The van der Waals surface area contributed by atoms with Crippen molar-refractivity contribution >= 4 is 28.3 Å². The van der Waals surface area contributed by atoms with Crippen LogP contribution < -0.4 is 10.1 Å². The number of amides is 1. The number of carbonyl (C=O) groups is 1. The first-order valence-electron chi connectivity index (χ1n) is 13.5. The molecular formula is C33H35ClN2O2. The van der Waals surface area contributed by atoms with Crippen LogP contribution in [0.25, 0.3) is 21.9 Å². The van der Waals surface area contributed by atoms with Gasteiger partial charge in [-0.25, -0.2) is 0 Å². The number of nitrogens with zero attached hydrogens (tertiary/aromatic N) is 1. The minimum absolute atomic E-state index is 0.0162. The highest BCUT2D eigenvalue weighted by molar-refractivity contribution is 6.30. The summed E-state index contributed by atoms with van der Waals surface area (Å²) in [7, 11) is 1.78. The molecule has 1 fully saturated rings. The van der Waals surface area contributed by atoms with Crippen LogP contribution in [0.5, 0.6) is 5.75 Å². The Bertz CT molecular complexity index is 1360. The molecule has 1 heterocycles. The predicted molar refractivity (Wildman–Crippen MR) is 157 cm³/mol. The maximum Gasteiger partial charge on any atom is 0.251 e. The number of benzene rings is 4. The van der Waals surface area contributed by atoms with E-state index >= 15 is 0 Å². The fraction of sp³-hybridized carbons (Fsp3) is 0.303. The highest BCUT2D eigenvalue weighted by Gasteiger charge is 2.24. The Labute approximate surface area is 230 Å². The number of piperidine rings is 1. The first-order chi connectivity index (χ1) is 18.6. The molecule has 0 unspecified atom stereocenters. The minimum atomic E-state index is -0.0162. The van der Waals surface area contributed by atoms with Gasteiger partial charge in [0.2, 0.25) is 0 Å². The van der Waals surface area contributed by atoms with Crippen LogP contribution in [-0.4, -0.2) is 44.1 Å². The molecule has 4 aromatic rings. The molecule has 4 nitrogen and oxygen atoms in total. The van der Waals surface area contributed by atoms with Gasteiger partial charge in [0.05, 0.1) is 7.11 Å². The van der Waals surface area contributed by atoms with Crippen LogP contribution in [0.1, 0.15) is 47.5 Å². The average molecular weight is 527 g/mol. The molecule has 196 valence electrons. The maximum absolute atomic E-state index is 12.6. The van der Waals surface area contributed by atoms with E-state index in [9.17, 15) is 4.79 Å². The fourth-order valence-electron chi connectivity index (χ4n) is 5.54. The Morgan fingerprint density at radius 2 is 1.58 bits per heavy atom. The fourth-order valence-corrected chi connectivity index (χ4v) is 5.67. The molecule has 0 bridgehead atoms. The number of carbonyl (C=O) groups excluding carboxylic acids is 1. The monoisotopic (exact) mass is 526 g/mol. The molecule has 1 aliphatic rings. The zero-order valence-electron chi connectivity index (χ0n) is 22.0. The lowest BCUT2D eigenvalue weighted by molar-refractivity contribution is 0.0952. The number of fused-ring (bicyclic) bond motifs is 1. The molecule has 1 N–H and O–H groups in total. The van der Waals surface area contributed by atoms with Crippen LogP contribution in [0.4, 0.5) is 0 Å². The number of rotatable bonds is 9. The number of likely N-dealkylation sites (tertiary alicyclic amines) is 1. The largest absolute Gasteiger partial charge is 0.496 e. The Kier molecular flexibility index (Phi) is 8.62. The van der Waals surface area contributed by atoms with Gasteiger partial charge >= 0.3 is 0 Å². The van der Waals surface area contributed by atoms with Crippen LogP contribution in [-0.2, 0) is 0 Å². The number of halogens is 1. The van der Waals surface area contributed by atoms with Gasteiger partial charge in [-0.15, -0.1) is 0 Å². The summed E-state index contributed by atoms with van der Waals surface area (Å²) < 4.78 is 5.75. The van der Waals surface area contributed by atoms with Gasteiger partial charge in [-0.05, 0) is 103 Å². The molecule has 0 atom stereocenters. The third-order valence-electron chi connectivity index (χ3n) is 7.66. The normalized spacial score (nSPS) is 14.5. The van der Waals surface area contributed by atoms with Gasteiger partial charge < -0.3 is 15.0 Å². The number of hydrogen-bond donors (Lipinski definition) is 1. The summed E-state index contributed by atoms with van der Waals surface area (Å²) >= 11 is 5.98. The quantitative estimate of drug-likeness (QED) is 0.229. The second-order valence-electron chi connectivity index (χ2n) is 10.1. The number of hydrogen-bond acceptors (Lipinski definition) is 3. The lowest BCUT2D eigenvalue weighted by atomic mass is 9.85. The van der Waals surface area contributed by atoms with Crippen molar-refractivity contribution in [2.75, 3.05) is 33.3 Å². The van der Waals surface area contributed by atoms with Gasteiger partial charge in [0.15, 0.2) is 0 Å². The van der Waals surface area contributed by atoms with Crippen LogP contribution >= 0.6 is 11.6 Å². The highest BCUT2D eigenvalue weighted by atomic mass is 35.5. The van der Waals surface area contributed by atoms with Gasteiger partial charge in [0.25, 0.3) is 5.91 Å². The molecule has 0 aliphatic carbocycles. The Morgan fingerprint density at radius 3 is 2.29 bits per heavy atom. The van der Waals surface area contributed by atoms with Crippen LogP contribution in [0, 0.1) is 0 Å². The van der Waals surface area contributed by atoms with E-state index in [0.717, 1.165) is 67.2 Å². The number of nitrogens with one attached hydrogen (secondary N) is 1. The summed E-state index contributed by atoms with van der Waals surface area (Å²) in [5.74, 6) is 1.52. The van der Waals surface area contributed by atoms with Crippen molar-refractivity contribution in [3.8, 4) is 16.9 Å². The smallest absolute Gasteiger partial charge is 0.251 e. The molecule has 1 aliphatic heterocycles. The van der Waals surface area contributed by atoms with Crippen molar-refractivity contribution in [2.24, 2.45) is 0 Å². The van der Waals surface area contributed by atoms with Gasteiger partial charge in [0.1, 0.15) is 5.75 Å². The summed E-state index contributed by atoms with van der Waals surface area (Å²) in [5.41, 5.74) is 4.21. The van der Waals surface area contributed by atoms with Crippen molar-refractivity contribution in [3.05, 3.63) is 101 Å². The minimum Gasteiger partial charge on any atom is -0.496 e. The van der Waals surface area contributed by atoms with E-state index in [1.54, 1.807) is 7.11 Å². The molecule has 0 aromatic heterocycles. The summed E-state index contributed by atoms with van der Waals surface area (Å²) in [6, 6.07) is 28.4. The standard InChI is InChI=1S/C33H35ClN2O2/c1-38-31-17-14-26-6-2-3-7-30(26)32(31)27-18-22-36(23-19-27)21-5-4-20-35-33(37)28-10-8-24(9-11-28)25-12-15-29(34)16-13-25/h2-3,6-17,27H,4-5,18-23H2,1H3,(H,35,37). The molecule has 38 heavy (non-hydrogen) atoms. The Morgan fingerprint density at radius 1 is 0.895 bits per heavy atom. The van der Waals surface area contributed by atoms with Gasteiger partial charge in [-0.1, -0.05) is 66.2 Å². The SMILES string of the molecule is COc1ccc2ccccc2c1C1CCN(CCCCNC(=O)c2ccc(-c3ccc(Cl)cc3)cc2)CC1. The summed E-state index contributed by atoms with van der Waals surface area (Å²) in [5, 5.41) is 6.39. The molecule has 5 heteroatoms. The van der Waals surface area contributed by atoms with E-state index in [4.69, 9.17) is 16.3 Å². The predicted octanol–water partition coefficient (Wildman–Crippen LogP) is 7.56. The maximum atomic E-state index is 12.6. The third-order valence-corrected chi connectivity index (χ3v) is 7.91. The molecule has 0 spiro atoms. The molecule has 4 aromatic carbocycles. The van der Waals surface area contributed by atoms with Crippen molar-refractivity contribution in [2.45, 2.75) is 31.6 Å². The van der Waals surface area contributed by atoms with Crippen molar-refractivity contribution in [1.82, 2.24) is 10.2 Å². The second-order valence-corrected chi connectivity index (χ2v) is 10.5. The van der Waals surface area contributed by atoms with E-state index in [0.29, 0.717) is 18.0 Å². The number of ether oxygens (including phenoxy) is 1. The van der Waals surface area contributed by atoms with Gasteiger partial charge in [-0.2, -0.15) is 0 Å². The summed E-state index contributed by atoms with van der Waals surface area (Å²) in [4.78, 5) is 15.1. The van der Waals surface area contributed by atoms with E-state index in [2.05, 4.69) is 46.6 Å². The van der Waals surface area contributed by atoms with E-state index in [-0.39, 0.29) is 5.91 Å². The van der Waals surface area contributed by atoms with Crippen LogP contribution in [0.3, 0.4) is 0 Å². The zero-order chi connectivity index (χ0) is 26.3. The van der Waals surface area contributed by atoms with E-state index in [1.807, 2.05) is 48.5 Å². The zero-order valence-corrected chi connectivity index (χ0v) is 22.7. The van der Waals surface area contributed by atoms with Gasteiger partial charge in [0, 0.05) is 22.7 Å². The molecule has 1 saturated heterocycles. The van der Waals surface area contributed by atoms with Gasteiger partial charge in [-0.3, -0.25) is 4.79 Å². The third kappa shape index (κ3) is 6.20. The van der Waals surface area contributed by atoms with E-state index < -0.39 is 0 Å². The Hall–Kier alpha value is -3.34. The average Bonchev–Trinajstić information content (AvgIpc) is 2.97. The molecule has 1 amide bonds. The van der Waals surface area contributed by atoms with Crippen LogP contribution in [0.2, 0.25) is 5.02 Å². The number of unbranched alkanes of at least 4 members (excludes halogenated alkanes) is 1. The van der Waals surface area contributed by atoms with E-state index in [1.165, 1.54) is 16.3 Å². The van der Waals surface area contributed by atoms with Crippen molar-refractivity contribution < 1.29 is 9.53 Å². The first kappa shape index (κ1) is 26.3. The van der Waals surface area contributed by atoms with Crippen LogP contribution in [0.15, 0.2) is 84.9 Å². The summed E-state index contributed by atoms with van der Waals surface area (Å²) in [6.45, 7) is 3.97. The lowest BCUT2D eigenvalue weighted by Crippen LogP contribution is -2.34. The highest BCUT2D eigenvalue weighted by Crippen LogP contribution is 2.39. The topological polar surface area (TPSA) is 41.6 Å². The Balaban J connectivity index is 1.04. The summed E-state index contributed by atoms with van der Waals surface area (Å²) in [6.07, 6.45) is 4.35. The molecular weight excluding hydrogens is 492 g/mol.